The Morgan fingerprint density at radius 1 is 1.40 bits per heavy atom. The third-order valence-electron chi connectivity index (χ3n) is 2.32. The van der Waals surface area contributed by atoms with E-state index < -0.39 is 17.7 Å². The molecule has 7 nitrogen and oxygen atoms in total. The lowest BCUT2D eigenvalue weighted by molar-refractivity contribution is -0.140. The van der Waals surface area contributed by atoms with Gasteiger partial charge in [0.05, 0.1) is 19.8 Å². The number of hydrogen-bond acceptors (Lipinski definition) is 6. The van der Waals surface area contributed by atoms with Crippen molar-refractivity contribution in [2.75, 3.05) is 26.4 Å². The number of carbonyl (C=O) groups excluding carboxylic acids is 2. The van der Waals surface area contributed by atoms with Gasteiger partial charge in [0, 0.05) is 0 Å². The van der Waals surface area contributed by atoms with Gasteiger partial charge in [-0.15, -0.1) is 0 Å². The zero-order valence-electron chi connectivity index (χ0n) is 12.3. The molecule has 0 radical (unpaired) electrons. The lowest BCUT2D eigenvalue weighted by Crippen LogP contribution is -2.40. The van der Waals surface area contributed by atoms with Gasteiger partial charge in [0.15, 0.2) is 5.70 Å². The lowest BCUT2D eigenvalue weighted by Gasteiger charge is -2.27. The number of aliphatic hydroxyl groups excluding tert-OH is 1. The van der Waals surface area contributed by atoms with Crippen LogP contribution >= 0.6 is 0 Å². The van der Waals surface area contributed by atoms with E-state index in [2.05, 4.69) is 0 Å². The van der Waals surface area contributed by atoms with Crippen LogP contribution in [-0.4, -0.2) is 54.0 Å². The van der Waals surface area contributed by atoms with Crippen molar-refractivity contribution in [1.29, 1.82) is 0 Å². The fourth-order valence-corrected chi connectivity index (χ4v) is 1.59. The number of aliphatic hydroxyl groups is 1. The highest BCUT2D eigenvalue weighted by molar-refractivity contribution is 5.92. The molecule has 0 aromatic carbocycles. The fourth-order valence-electron chi connectivity index (χ4n) is 1.59. The number of carbonyl (C=O) groups is 2. The molecule has 1 heterocycles. The quantitative estimate of drug-likeness (QED) is 0.776. The molecule has 0 aliphatic carbocycles. The zero-order chi connectivity index (χ0) is 15.3. The first kappa shape index (κ1) is 16.3. The molecule has 20 heavy (non-hydrogen) atoms. The molecule has 114 valence electrons. The molecule has 0 unspecified atom stereocenters. The summed E-state index contributed by atoms with van der Waals surface area (Å²) < 4.78 is 15.2. The van der Waals surface area contributed by atoms with Crippen molar-refractivity contribution >= 4 is 12.1 Å². The molecular formula is C13H21NO6. The summed E-state index contributed by atoms with van der Waals surface area (Å²) in [4.78, 5) is 25.1. The van der Waals surface area contributed by atoms with Crippen molar-refractivity contribution < 1.29 is 28.9 Å². The zero-order valence-corrected chi connectivity index (χ0v) is 12.3. The Morgan fingerprint density at radius 3 is 2.60 bits per heavy atom. The third-order valence-corrected chi connectivity index (χ3v) is 2.32. The van der Waals surface area contributed by atoms with Crippen LogP contribution in [0.25, 0.3) is 0 Å². The topological polar surface area (TPSA) is 85.3 Å². The summed E-state index contributed by atoms with van der Waals surface area (Å²) in [6, 6.07) is 0. The largest absolute Gasteiger partial charge is 0.507 e. The smallest absolute Gasteiger partial charge is 0.415 e. The summed E-state index contributed by atoms with van der Waals surface area (Å²) in [5.74, 6) is -1.12. The van der Waals surface area contributed by atoms with E-state index >= 15 is 0 Å². The average Bonchev–Trinajstić information content (AvgIpc) is 2.49. The van der Waals surface area contributed by atoms with Gasteiger partial charge in [-0.05, 0) is 27.7 Å². The monoisotopic (exact) mass is 287 g/mol. The van der Waals surface area contributed by atoms with Crippen LogP contribution in [0.15, 0.2) is 11.5 Å². The Balaban J connectivity index is 3.02. The molecule has 0 aromatic heterocycles. The van der Waals surface area contributed by atoms with Crippen molar-refractivity contribution in [3.8, 4) is 0 Å². The fraction of sp³-hybridized carbons (Fsp3) is 0.692. The van der Waals surface area contributed by atoms with Gasteiger partial charge in [-0.2, -0.15) is 0 Å². The maximum atomic E-state index is 12.1. The molecule has 0 bridgehead atoms. The summed E-state index contributed by atoms with van der Waals surface area (Å²) in [6.45, 7) is 7.07. The SMILES string of the molecule is CCOC(=O)C1=C(O)COCCN1C(=O)OC(C)(C)C. The Hall–Kier alpha value is -1.76. The predicted molar refractivity (Wildman–Crippen MR) is 70.0 cm³/mol. The minimum Gasteiger partial charge on any atom is -0.507 e. The van der Waals surface area contributed by atoms with Crippen molar-refractivity contribution in [2.45, 2.75) is 33.3 Å². The van der Waals surface area contributed by atoms with Gasteiger partial charge in [0.25, 0.3) is 0 Å². The number of esters is 1. The van der Waals surface area contributed by atoms with Crippen molar-refractivity contribution in [2.24, 2.45) is 0 Å². The van der Waals surface area contributed by atoms with E-state index in [0.29, 0.717) is 0 Å². The average molecular weight is 287 g/mol. The maximum Gasteiger partial charge on any atom is 0.415 e. The standard InChI is InChI=1S/C13H21NO6/c1-5-19-11(16)10-9(15)8-18-7-6-14(10)12(17)20-13(2,3)4/h15H,5-8H2,1-4H3. The number of nitrogens with zero attached hydrogens (tertiary/aromatic N) is 1. The second kappa shape index (κ2) is 6.60. The van der Waals surface area contributed by atoms with Crippen LogP contribution in [0.2, 0.25) is 0 Å². The second-order valence-electron chi connectivity index (χ2n) is 5.20. The first-order valence-corrected chi connectivity index (χ1v) is 6.43. The third kappa shape index (κ3) is 4.41. The van der Waals surface area contributed by atoms with Gasteiger partial charge in [-0.1, -0.05) is 0 Å². The van der Waals surface area contributed by atoms with E-state index in [1.54, 1.807) is 27.7 Å². The molecule has 7 heteroatoms. The molecule has 0 fully saturated rings. The maximum absolute atomic E-state index is 12.1. The van der Waals surface area contributed by atoms with Crippen molar-refractivity contribution in [3.63, 3.8) is 0 Å². The molecule has 1 amide bonds. The van der Waals surface area contributed by atoms with Gasteiger partial charge < -0.3 is 19.3 Å². The Morgan fingerprint density at radius 2 is 2.05 bits per heavy atom. The molecule has 0 spiro atoms. The molecule has 0 saturated heterocycles. The molecule has 1 rings (SSSR count). The lowest BCUT2D eigenvalue weighted by atomic mass is 10.2. The summed E-state index contributed by atoms with van der Waals surface area (Å²) >= 11 is 0. The van der Waals surface area contributed by atoms with Crippen molar-refractivity contribution in [3.05, 3.63) is 11.5 Å². The number of amides is 1. The van der Waals surface area contributed by atoms with Crippen LogP contribution in [0.1, 0.15) is 27.7 Å². The Kier molecular flexibility index (Phi) is 5.38. The summed E-state index contributed by atoms with van der Waals surface area (Å²) in [7, 11) is 0. The van der Waals surface area contributed by atoms with Crippen molar-refractivity contribution in [1.82, 2.24) is 4.90 Å². The van der Waals surface area contributed by atoms with Crippen LogP contribution in [0.3, 0.4) is 0 Å². The molecular weight excluding hydrogens is 266 g/mol. The van der Waals surface area contributed by atoms with E-state index in [1.165, 1.54) is 0 Å². The Bertz CT molecular complexity index is 410. The molecule has 0 aromatic rings. The molecule has 1 N–H and O–H groups in total. The molecule has 0 atom stereocenters. The molecule has 1 aliphatic rings. The molecule has 1 aliphatic heterocycles. The highest BCUT2D eigenvalue weighted by atomic mass is 16.6. The minimum atomic E-state index is -0.777. The van der Waals surface area contributed by atoms with E-state index in [-0.39, 0.29) is 37.8 Å². The van der Waals surface area contributed by atoms with Crippen LogP contribution in [-0.2, 0) is 19.0 Å². The van der Waals surface area contributed by atoms with Crippen LogP contribution in [0, 0.1) is 0 Å². The summed E-state index contributed by atoms with van der Waals surface area (Å²) in [6.07, 6.45) is -0.724. The van der Waals surface area contributed by atoms with Gasteiger partial charge in [-0.25, -0.2) is 9.59 Å². The van der Waals surface area contributed by atoms with Gasteiger partial charge in [0.1, 0.15) is 18.0 Å². The Labute approximate surface area is 118 Å². The van der Waals surface area contributed by atoms with Gasteiger partial charge in [0.2, 0.25) is 0 Å². The highest BCUT2D eigenvalue weighted by Crippen LogP contribution is 2.19. The number of hydrogen-bond donors (Lipinski definition) is 1. The second-order valence-corrected chi connectivity index (χ2v) is 5.20. The first-order chi connectivity index (χ1) is 9.26. The van der Waals surface area contributed by atoms with E-state index in [1.807, 2.05) is 0 Å². The van der Waals surface area contributed by atoms with Gasteiger partial charge in [-0.3, -0.25) is 4.90 Å². The number of ether oxygens (including phenoxy) is 3. The number of rotatable bonds is 2. The van der Waals surface area contributed by atoms with Crippen LogP contribution in [0.4, 0.5) is 4.79 Å². The minimum absolute atomic E-state index is 0.104. The summed E-state index contributed by atoms with van der Waals surface area (Å²) in [5.41, 5.74) is -0.932. The summed E-state index contributed by atoms with van der Waals surface area (Å²) in [5, 5.41) is 9.87. The highest BCUT2D eigenvalue weighted by Gasteiger charge is 2.33. The first-order valence-electron chi connectivity index (χ1n) is 6.43. The van der Waals surface area contributed by atoms with E-state index in [0.717, 1.165) is 4.90 Å². The van der Waals surface area contributed by atoms with Crippen LogP contribution in [0.5, 0.6) is 0 Å². The normalized spacial score (nSPS) is 16.7. The van der Waals surface area contributed by atoms with E-state index in [4.69, 9.17) is 14.2 Å². The molecule has 0 saturated carbocycles. The van der Waals surface area contributed by atoms with E-state index in [9.17, 15) is 14.7 Å². The predicted octanol–water partition coefficient (Wildman–Crippen LogP) is 1.59. The van der Waals surface area contributed by atoms with Crippen LogP contribution < -0.4 is 0 Å². The van der Waals surface area contributed by atoms with Gasteiger partial charge >= 0.3 is 12.1 Å².